The van der Waals surface area contributed by atoms with Crippen molar-refractivity contribution in [3.8, 4) is 0 Å². The molecule has 2 fully saturated rings. The molecule has 0 saturated carbocycles. The van der Waals surface area contributed by atoms with Crippen molar-refractivity contribution in [1.29, 1.82) is 0 Å². The van der Waals surface area contributed by atoms with Crippen molar-refractivity contribution in [2.75, 3.05) is 26.3 Å². The van der Waals surface area contributed by atoms with Crippen LogP contribution in [0, 0.1) is 11.8 Å². The van der Waals surface area contributed by atoms with Gasteiger partial charge < -0.3 is 15.4 Å². The quantitative estimate of drug-likeness (QED) is 0.750. The number of nitrogens with two attached hydrogens (primary N) is 1. The van der Waals surface area contributed by atoms with Crippen LogP contribution in [-0.2, 0) is 9.53 Å². The van der Waals surface area contributed by atoms with Gasteiger partial charge in [0.1, 0.15) is 5.54 Å². The minimum Gasteiger partial charge on any atom is -0.379 e. The average molecular weight is 226 g/mol. The molecule has 2 heterocycles. The second kappa shape index (κ2) is 4.34. The Morgan fingerprint density at radius 1 is 1.56 bits per heavy atom. The van der Waals surface area contributed by atoms with Gasteiger partial charge in [-0.2, -0.15) is 0 Å². The molecular formula is C12H22N2O2. The van der Waals surface area contributed by atoms with Crippen molar-refractivity contribution >= 4 is 5.91 Å². The van der Waals surface area contributed by atoms with Gasteiger partial charge in [-0.25, -0.2) is 0 Å². The van der Waals surface area contributed by atoms with E-state index in [9.17, 15) is 4.79 Å². The fourth-order valence-electron chi connectivity index (χ4n) is 2.58. The van der Waals surface area contributed by atoms with Crippen molar-refractivity contribution < 1.29 is 9.53 Å². The predicted octanol–water partition coefficient (Wildman–Crippen LogP) is 0.609. The topological polar surface area (TPSA) is 55.6 Å². The summed E-state index contributed by atoms with van der Waals surface area (Å²) >= 11 is 0. The smallest absolute Gasteiger partial charge is 0.245 e. The van der Waals surface area contributed by atoms with E-state index in [1.807, 2.05) is 4.90 Å². The normalized spacial score (nSPS) is 35.0. The molecular weight excluding hydrogens is 204 g/mol. The molecule has 2 unspecified atom stereocenters. The summed E-state index contributed by atoms with van der Waals surface area (Å²) in [5, 5.41) is 0. The molecule has 0 radical (unpaired) electrons. The number of nitrogens with zero attached hydrogens (tertiary/aromatic N) is 1. The van der Waals surface area contributed by atoms with Gasteiger partial charge in [0.05, 0.1) is 6.61 Å². The molecule has 92 valence electrons. The largest absolute Gasteiger partial charge is 0.379 e. The van der Waals surface area contributed by atoms with Crippen LogP contribution in [-0.4, -0.2) is 42.6 Å². The van der Waals surface area contributed by atoms with E-state index in [1.165, 1.54) is 0 Å². The molecule has 0 aromatic heterocycles. The molecule has 2 N–H and O–H groups in total. The lowest BCUT2D eigenvalue weighted by Crippen LogP contribution is -2.55. The van der Waals surface area contributed by atoms with Gasteiger partial charge in [0.15, 0.2) is 0 Å². The van der Waals surface area contributed by atoms with Gasteiger partial charge in [0.25, 0.3) is 0 Å². The van der Waals surface area contributed by atoms with Crippen LogP contribution in [0.3, 0.4) is 0 Å². The molecule has 4 nitrogen and oxygen atoms in total. The molecule has 4 heteroatoms. The molecule has 2 saturated heterocycles. The third kappa shape index (κ3) is 2.09. The Hall–Kier alpha value is -0.610. The lowest BCUT2D eigenvalue weighted by molar-refractivity contribution is -0.136. The fourth-order valence-corrected chi connectivity index (χ4v) is 2.58. The van der Waals surface area contributed by atoms with Gasteiger partial charge in [-0.15, -0.1) is 0 Å². The van der Waals surface area contributed by atoms with Crippen molar-refractivity contribution in [1.82, 2.24) is 4.90 Å². The minimum atomic E-state index is -0.744. The summed E-state index contributed by atoms with van der Waals surface area (Å²) in [7, 11) is 0. The van der Waals surface area contributed by atoms with Crippen LogP contribution in [0.2, 0.25) is 0 Å². The van der Waals surface area contributed by atoms with Crippen LogP contribution in [0.25, 0.3) is 0 Å². The standard InChI is InChI=1S/C12H22N2O2/c1-9(2)10-3-5-14(7-10)11(15)12(13)4-6-16-8-12/h9-10H,3-8,13H2,1-2H3. The van der Waals surface area contributed by atoms with Gasteiger partial charge in [0, 0.05) is 19.7 Å². The Balaban J connectivity index is 1.96. The van der Waals surface area contributed by atoms with Gasteiger partial charge in [-0.3, -0.25) is 4.79 Å². The Bertz CT molecular complexity index is 272. The van der Waals surface area contributed by atoms with E-state index >= 15 is 0 Å². The Morgan fingerprint density at radius 3 is 2.81 bits per heavy atom. The van der Waals surface area contributed by atoms with Crippen molar-refractivity contribution in [3.05, 3.63) is 0 Å². The highest BCUT2D eigenvalue weighted by Crippen LogP contribution is 2.27. The molecule has 2 atom stereocenters. The zero-order chi connectivity index (χ0) is 11.8. The number of likely N-dealkylation sites (tertiary alicyclic amines) is 1. The van der Waals surface area contributed by atoms with Crippen LogP contribution >= 0.6 is 0 Å². The Kier molecular flexibility index (Phi) is 3.22. The second-order valence-corrected chi connectivity index (χ2v) is 5.50. The molecule has 0 spiro atoms. The first-order valence-corrected chi connectivity index (χ1v) is 6.19. The number of rotatable bonds is 2. The lowest BCUT2D eigenvalue weighted by atomic mass is 9.95. The number of ether oxygens (including phenoxy) is 1. The Labute approximate surface area is 97.1 Å². The third-order valence-electron chi connectivity index (χ3n) is 3.93. The molecule has 2 rings (SSSR count). The molecule has 0 aromatic carbocycles. The zero-order valence-electron chi connectivity index (χ0n) is 10.2. The zero-order valence-corrected chi connectivity index (χ0v) is 10.2. The average Bonchev–Trinajstić information content (AvgIpc) is 2.85. The highest BCUT2D eigenvalue weighted by molar-refractivity contribution is 5.86. The summed E-state index contributed by atoms with van der Waals surface area (Å²) in [4.78, 5) is 14.2. The maximum Gasteiger partial charge on any atom is 0.245 e. The molecule has 0 aromatic rings. The van der Waals surface area contributed by atoms with Gasteiger partial charge in [-0.05, 0) is 24.7 Å². The number of amides is 1. The number of carbonyl (C=O) groups excluding carboxylic acids is 1. The molecule has 1 amide bonds. The first kappa shape index (κ1) is 11.9. The summed E-state index contributed by atoms with van der Waals surface area (Å²) in [6, 6.07) is 0. The van der Waals surface area contributed by atoms with E-state index in [2.05, 4.69) is 13.8 Å². The highest BCUT2D eigenvalue weighted by Gasteiger charge is 2.43. The maximum atomic E-state index is 12.3. The molecule has 2 aliphatic heterocycles. The van der Waals surface area contributed by atoms with Crippen molar-refractivity contribution in [3.63, 3.8) is 0 Å². The van der Waals surface area contributed by atoms with E-state index in [1.54, 1.807) is 0 Å². The summed E-state index contributed by atoms with van der Waals surface area (Å²) in [6.45, 7) is 7.17. The van der Waals surface area contributed by atoms with E-state index in [4.69, 9.17) is 10.5 Å². The highest BCUT2D eigenvalue weighted by atomic mass is 16.5. The summed E-state index contributed by atoms with van der Waals surface area (Å²) in [6.07, 6.45) is 1.77. The first-order chi connectivity index (χ1) is 7.53. The number of hydrogen-bond donors (Lipinski definition) is 1. The summed E-state index contributed by atoms with van der Waals surface area (Å²) in [5.74, 6) is 1.37. The number of carbonyl (C=O) groups is 1. The lowest BCUT2D eigenvalue weighted by Gasteiger charge is -2.27. The molecule has 0 bridgehead atoms. The van der Waals surface area contributed by atoms with E-state index < -0.39 is 5.54 Å². The fraction of sp³-hybridized carbons (Fsp3) is 0.917. The van der Waals surface area contributed by atoms with E-state index in [0.717, 1.165) is 19.5 Å². The second-order valence-electron chi connectivity index (χ2n) is 5.50. The van der Waals surface area contributed by atoms with Crippen LogP contribution in [0.4, 0.5) is 0 Å². The first-order valence-electron chi connectivity index (χ1n) is 6.19. The molecule has 16 heavy (non-hydrogen) atoms. The van der Waals surface area contributed by atoms with Gasteiger partial charge in [0.2, 0.25) is 5.91 Å². The van der Waals surface area contributed by atoms with Crippen molar-refractivity contribution in [2.45, 2.75) is 32.2 Å². The van der Waals surface area contributed by atoms with Gasteiger partial charge >= 0.3 is 0 Å². The Morgan fingerprint density at radius 2 is 2.31 bits per heavy atom. The van der Waals surface area contributed by atoms with Crippen molar-refractivity contribution in [2.24, 2.45) is 17.6 Å². The summed E-state index contributed by atoms with van der Waals surface area (Å²) in [5.41, 5.74) is 5.34. The minimum absolute atomic E-state index is 0.0909. The maximum absolute atomic E-state index is 12.3. The van der Waals surface area contributed by atoms with Crippen LogP contribution in [0.15, 0.2) is 0 Å². The molecule has 0 aliphatic carbocycles. The number of hydrogen-bond acceptors (Lipinski definition) is 3. The van der Waals surface area contributed by atoms with E-state index in [0.29, 0.717) is 31.5 Å². The predicted molar refractivity (Wildman–Crippen MR) is 61.9 cm³/mol. The van der Waals surface area contributed by atoms with Crippen LogP contribution in [0.5, 0.6) is 0 Å². The summed E-state index contributed by atoms with van der Waals surface area (Å²) < 4.78 is 5.24. The van der Waals surface area contributed by atoms with Crippen LogP contribution < -0.4 is 5.73 Å². The monoisotopic (exact) mass is 226 g/mol. The van der Waals surface area contributed by atoms with Crippen LogP contribution in [0.1, 0.15) is 26.7 Å². The molecule has 2 aliphatic rings. The van der Waals surface area contributed by atoms with Gasteiger partial charge in [-0.1, -0.05) is 13.8 Å². The SMILES string of the molecule is CC(C)C1CCN(C(=O)C2(N)CCOC2)C1. The third-order valence-corrected chi connectivity index (χ3v) is 3.93. The van der Waals surface area contributed by atoms with E-state index in [-0.39, 0.29) is 5.91 Å².